The van der Waals surface area contributed by atoms with E-state index < -0.39 is 0 Å². The fraction of sp³-hybridized carbons (Fsp3) is 0.560. The number of carbonyl (C=O) groups excluding carboxylic acids is 2. The second-order valence-corrected chi connectivity index (χ2v) is 8.03. The predicted octanol–water partition coefficient (Wildman–Crippen LogP) is 4.04. The molecule has 2 aromatic rings. The van der Waals surface area contributed by atoms with Gasteiger partial charge in [0.2, 0.25) is 5.91 Å². The lowest BCUT2D eigenvalue weighted by molar-refractivity contribution is -0.120. The Morgan fingerprint density at radius 3 is 2.27 bits per heavy atom. The summed E-state index contributed by atoms with van der Waals surface area (Å²) in [6.45, 7) is 7.97. The third-order valence-electron chi connectivity index (χ3n) is 5.77. The molecule has 0 spiro atoms. The van der Waals surface area contributed by atoms with E-state index in [1.807, 2.05) is 22.9 Å². The number of ether oxygens (including phenoxy) is 2. The van der Waals surface area contributed by atoms with Gasteiger partial charge in [0.05, 0.1) is 25.5 Å². The molecule has 1 aromatic carbocycles. The van der Waals surface area contributed by atoms with E-state index in [0.29, 0.717) is 36.2 Å². The first-order valence-electron chi connectivity index (χ1n) is 11.8. The van der Waals surface area contributed by atoms with Gasteiger partial charge in [0, 0.05) is 26.1 Å². The monoisotopic (exact) mass is 458 g/mol. The normalized spacial score (nSPS) is 10.8. The Hall–Kier alpha value is -3.03. The Balaban J connectivity index is 2.27. The molecule has 1 aromatic heterocycles. The second-order valence-electron chi connectivity index (χ2n) is 8.03. The Morgan fingerprint density at radius 2 is 1.70 bits per heavy atom. The Kier molecular flexibility index (Phi) is 10.7. The molecule has 0 aliphatic heterocycles. The molecule has 0 fully saturated rings. The van der Waals surface area contributed by atoms with Gasteiger partial charge in [0.1, 0.15) is 11.5 Å². The number of carbonyl (C=O) groups is 2. The van der Waals surface area contributed by atoms with Crippen molar-refractivity contribution >= 4 is 11.8 Å². The number of amides is 2. The number of hydrogen-bond acceptors (Lipinski definition) is 5. The van der Waals surface area contributed by atoms with Crippen LogP contribution in [0.15, 0.2) is 24.3 Å². The number of nitrogens with one attached hydrogen (secondary N) is 2. The minimum atomic E-state index is -0.310. The van der Waals surface area contributed by atoms with Crippen molar-refractivity contribution in [2.24, 2.45) is 5.92 Å². The van der Waals surface area contributed by atoms with Gasteiger partial charge in [-0.2, -0.15) is 5.10 Å². The fourth-order valence-corrected chi connectivity index (χ4v) is 3.64. The zero-order valence-electron chi connectivity index (χ0n) is 20.6. The molecule has 33 heavy (non-hydrogen) atoms. The first-order valence-corrected chi connectivity index (χ1v) is 11.8. The molecule has 8 heteroatoms. The van der Waals surface area contributed by atoms with Crippen molar-refractivity contribution in [3.8, 4) is 22.8 Å². The first-order chi connectivity index (χ1) is 16.0. The maximum atomic E-state index is 12.8. The molecule has 0 unspecified atom stereocenters. The van der Waals surface area contributed by atoms with Gasteiger partial charge >= 0.3 is 0 Å². The van der Waals surface area contributed by atoms with Gasteiger partial charge < -0.3 is 20.1 Å². The number of rotatable bonds is 14. The number of aromatic nitrogens is 2. The first kappa shape index (κ1) is 26.2. The van der Waals surface area contributed by atoms with Gasteiger partial charge in [-0.15, -0.1) is 0 Å². The number of unbranched alkanes of at least 4 members (excludes halogenated alkanes) is 1. The standard InChI is InChI=1S/C25H38N4O4/c1-6-9-14-26-23(30)13-15-27-25(31)19-16-20(29(28-19)17-18(7-2)8-3)24-21(32-4)11-10-12-22(24)33-5/h10-12,16,18H,6-9,13-15,17H2,1-5H3,(H,26,30)(H,27,31). The van der Waals surface area contributed by atoms with Crippen molar-refractivity contribution in [1.29, 1.82) is 0 Å². The average Bonchev–Trinajstić information content (AvgIpc) is 3.25. The van der Waals surface area contributed by atoms with Crippen LogP contribution >= 0.6 is 0 Å². The minimum absolute atomic E-state index is 0.0672. The van der Waals surface area contributed by atoms with Crippen LogP contribution in [0, 0.1) is 5.92 Å². The molecule has 0 radical (unpaired) electrons. The highest BCUT2D eigenvalue weighted by atomic mass is 16.5. The summed E-state index contributed by atoms with van der Waals surface area (Å²) in [6.07, 6.45) is 4.22. The van der Waals surface area contributed by atoms with E-state index >= 15 is 0 Å². The predicted molar refractivity (Wildman–Crippen MR) is 130 cm³/mol. The van der Waals surface area contributed by atoms with Crippen molar-refractivity contribution in [2.75, 3.05) is 27.3 Å². The lowest BCUT2D eigenvalue weighted by Gasteiger charge is -2.17. The van der Waals surface area contributed by atoms with Crippen molar-refractivity contribution in [2.45, 2.75) is 59.4 Å². The van der Waals surface area contributed by atoms with E-state index in [1.54, 1.807) is 20.3 Å². The van der Waals surface area contributed by atoms with Crippen LogP contribution < -0.4 is 20.1 Å². The van der Waals surface area contributed by atoms with Crippen LogP contribution in [-0.2, 0) is 11.3 Å². The quantitative estimate of drug-likeness (QED) is 0.417. The third kappa shape index (κ3) is 7.23. The van der Waals surface area contributed by atoms with E-state index in [0.717, 1.165) is 36.9 Å². The number of methoxy groups -OCH3 is 2. The number of hydrogen-bond donors (Lipinski definition) is 2. The van der Waals surface area contributed by atoms with Gasteiger partial charge in [-0.3, -0.25) is 14.3 Å². The number of benzene rings is 1. The maximum absolute atomic E-state index is 12.8. The summed E-state index contributed by atoms with van der Waals surface area (Å²) < 4.78 is 13.0. The molecular formula is C25H38N4O4. The van der Waals surface area contributed by atoms with Crippen LogP contribution in [0.4, 0.5) is 0 Å². The van der Waals surface area contributed by atoms with Crippen molar-refractivity contribution in [1.82, 2.24) is 20.4 Å². The number of nitrogens with zero attached hydrogens (tertiary/aromatic N) is 2. The zero-order chi connectivity index (χ0) is 24.2. The molecular weight excluding hydrogens is 420 g/mol. The molecule has 0 saturated carbocycles. The highest BCUT2D eigenvalue weighted by Gasteiger charge is 2.22. The van der Waals surface area contributed by atoms with Crippen molar-refractivity contribution < 1.29 is 19.1 Å². The molecule has 0 atom stereocenters. The largest absolute Gasteiger partial charge is 0.496 e. The van der Waals surface area contributed by atoms with Crippen molar-refractivity contribution in [3.63, 3.8) is 0 Å². The summed E-state index contributed by atoms with van der Waals surface area (Å²) in [6, 6.07) is 7.35. The molecule has 1 heterocycles. The molecule has 2 amide bonds. The Morgan fingerprint density at radius 1 is 1.03 bits per heavy atom. The lowest BCUT2D eigenvalue weighted by atomic mass is 10.0. The topological polar surface area (TPSA) is 94.5 Å². The minimum Gasteiger partial charge on any atom is -0.496 e. The van der Waals surface area contributed by atoms with E-state index in [9.17, 15) is 9.59 Å². The molecule has 8 nitrogen and oxygen atoms in total. The molecule has 0 aliphatic rings. The van der Waals surface area contributed by atoms with Crippen molar-refractivity contribution in [3.05, 3.63) is 30.0 Å². The molecule has 0 aliphatic carbocycles. The van der Waals surface area contributed by atoms with E-state index in [2.05, 4.69) is 36.5 Å². The van der Waals surface area contributed by atoms with Crippen LogP contribution in [-0.4, -0.2) is 48.9 Å². The lowest BCUT2D eigenvalue weighted by Crippen LogP contribution is -2.31. The molecule has 2 N–H and O–H groups in total. The van der Waals surface area contributed by atoms with Gasteiger partial charge in [0.15, 0.2) is 5.69 Å². The summed E-state index contributed by atoms with van der Waals surface area (Å²) in [5, 5.41) is 10.3. The third-order valence-corrected chi connectivity index (χ3v) is 5.77. The summed E-state index contributed by atoms with van der Waals surface area (Å²) in [4.78, 5) is 24.7. The van der Waals surface area contributed by atoms with Crippen LogP contribution in [0.25, 0.3) is 11.3 Å². The highest BCUT2D eigenvalue weighted by molar-refractivity contribution is 5.94. The smallest absolute Gasteiger partial charge is 0.271 e. The molecule has 0 bridgehead atoms. The summed E-state index contributed by atoms with van der Waals surface area (Å²) in [5.41, 5.74) is 1.82. The Labute approximate surface area is 197 Å². The highest BCUT2D eigenvalue weighted by Crippen LogP contribution is 2.39. The molecule has 2 rings (SSSR count). The van der Waals surface area contributed by atoms with Gasteiger partial charge in [-0.05, 0) is 30.5 Å². The van der Waals surface area contributed by atoms with Gasteiger partial charge in [0.25, 0.3) is 5.91 Å². The van der Waals surface area contributed by atoms with Gasteiger partial charge in [-0.25, -0.2) is 0 Å². The summed E-state index contributed by atoms with van der Waals surface area (Å²) >= 11 is 0. The average molecular weight is 459 g/mol. The summed E-state index contributed by atoms with van der Waals surface area (Å²) in [7, 11) is 3.22. The molecule has 182 valence electrons. The van der Waals surface area contributed by atoms with Gasteiger partial charge in [-0.1, -0.05) is 46.1 Å². The maximum Gasteiger partial charge on any atom is 0.271 e. The van der Waals surface area contributed by atoms with Crippen LogP contribution in [0.5, 0.6) is 11.5 Å². The molecule has 0 saturated heterocycles. The van der Waals surface area contributed by atoms with Crippen LogP contribution in [0.1, 0.15) is 63.4 Å². The van der Waals surface area contributed by atoms with E-state index in [1.165, 1.54) is 0 Å². The fourth-order valence-electron chi connectivity index (χ4n) is 3.64. The van der Waals surface area contributed by atoms with Crippen LogP contribution in [0.3, 0.4) is 0 Å². The van der Waals surface area contributed by atoms with Crippen LogP contribution in [0.2, 0.25) is 0 Å². The SMILES string of the molecule is CCCCNC(=O)CCNC(=O)c1cc(-c2c(OC)cccc2OC)n(CC(CC)CC)n1. The zero-order valence-corrected chi connectivity index (χ0v) is 20.6. The Bertz CT molecular complexity index is 884. The van der Waals surface area contributed by atoms with E-state index in [-0.39, 0.29) is 24.8 Å². The second kappa shape index (κ2) is 13.5. The summed E-state index contributed by atoms with van der Waals surface area (Å²) in [5.74, 6) is 1.34. The van der Waals surface area contributed by atoms with E-state index in [4.69, 9.17) is 9.47 Å².